The van der Waals surface area contributed by atoms with Crippen LogP contribution in [0.1, 0.15) is 65.9 Å². The summed E-state index contributed by atoms with van der Waals surface area (Å²) in [5.41, 5.74) is 0.288. The molecule has 2 heterocycles. The predicted molar refractivity (Wildman–Crippen MR) is 90.2 cm³/mol. The Balaban J connectivity index is 1.99. The number of rotatable bonds is 4. The number of aromatic nitrogens is 4. The lowest BCUT2D eigenvalue weighted by molar-refractivity contribution is 0.0888. The van der Waals surface area contributed by atoms with Gasteiger partial charge in [-0.3, -0.25) is 9.59 Å². The highest BCUT2D eigenvalue weighted by Crippen LogP contribution is 2.37. The molecule has 2 aromatic heterocycles. The Hall–Kier alpha value is -2.51. The van der Waals surface area contributed by atoms with Gasteiger partial charge >= 0.3 is 0 Å². The van der Waals surface area contributed by atoms with Gasteiger partial charge in [-0.15, -0.1) is 0 Å². The maximum absolute atomic E-state index is 13.0. The minimum Gasteiger partial charge on any atom is -0.339 e. The lowest BCUT2D eigenvalue weighted by Gasteiger charge is -2.27. The van der Waals surface area contributed by atoms with Crippen molar-refractivity contribution in [1.29, 1.82) is 0 Å². The van der Waals surface area contributed by atoms with Crippen molar-refractivity contribution in [2.45, 2.75) is 58.4 Å². The molecule has 0 radical (unpaired) electrons. The van der Waals surface area contributed by atoms with Gasteiger partial charge in [-0.25, -0.2) is 4.68 Å². The van der Waals surface area contributed by atoms with Crippen molar-refractivity contribution in [2.24, 2.45) is 7.05 Å². The summed E-state index contributed by atoms with van der Waals surface area (Å²) in [6.07, 6.45) is 4.02. The van der Waals surface area contributed by atoms with Gasteiger partial charge in [0, 0.05) is 13.5 Å². The molecule has 0 aliphatic heterocycles. The van der Waals surface area contributed by atoms with E-state index < -0.39 is 17.0 Å². The van der Waals surface area contributed by atoms with Crippen LogP contribution in [-0.2, 0) is 19.0 Å². The Labute approximate surface area is 145 Å². The molecule has 0 bridgehead atoms. The zero-order valence-electron chi connectivity index (χ0n) is 15.0. The molecule has 1 aliphatic rings. The van der Waals surface area contributed by atoms with Crippen LogP contribution in [0.3, 0.4) is 0 Å². The minimum absolute atomic E-state index is 0.125. The van der Waals surface area contributed by atoms with Crippen LogP contribution in [0.4, 0.5) is 0 Å². The summed E-state index contributed by atoms with van der Waals surface area (Å²) in [6, 6.07) is 0. The summed E-state index contributed by atoms with van der Waals surface area (Å²) >= 11 is 0. The van der Waals surface area contributed by atoms with Crippen molar-refractivity contribution in [3.05, 3.63) is 38.9 Å². The summed E-state index contributed by atoms with van der Waals surface area (Å²) < 4.78 is 6.43. The van der Waals surface area contributed by atoms with Gasteiger partial charge in [-0.2, -0.15) is 10.1 Å². The Bertz CT molecular complexity index is 862. The van der Waals surface area contributed by atoms with Crippen molar-refractivity contribution < 1.29 is 9.32 Å². The third-order valence-electron chi connectivity index (χ3n) is 4.96. The molecule has 8 nitrogen and oxygen atoms in total. The molecule has 1 amide bonds. The molecule has 3 rings (SSSR count). The molecule has 8 heteroatoms. The lowest BCUT2D eigenvalue weighted by Crippen LogP contribution is -2.47. The van der Waals surface area contributed by atoms with Gasteiger partial charge in [0.25, 0.3) is 11.5 Å². The molecule has 1 fully saturated rings. The highest BCUT2D eigenvalue weighted by Gasteiger charge is 2.42. The van der Waals surface area contributed by atoms with E-state index >= 15 is 0 Å². The van der Waals surface area contributed by atoms with Crippen LogP contribution >= 0.6 is 0 Å². The van der Waals surface area contributed by atoms with E-state index in [1.165, 1.54) is 4.68 Å². The standard InChI is InChI=1S/C17H23N5O3/c1-5-12-18-16(21-25-12)17(8-6-7-9-17)19-14(23)13-10(2)11(3)20-22(4)15(13)24/h5-9H2,1-4H3,(H,19,23). The molecule has 0 aromatic carbocycles. The molecule has 1 saturated carbocycles. The lowest BCUT2D eigenvalue weighted by atomic mass is 9.95. The first-order valence-corrected chi connectivity index (χ1v) is 8.58. The maximum Gasteiger partial charge on any atom is 0.279 e. The first-order valence-electron chi connectivity index (χ1n) is 8.58. The first-order chi connectivity index (χ1) is 11.9. The number of nitrogens with zero attached hydrogens (tertiary/aromatic N) is 4. The van der Waals surface area contributed by atoms with Crippen molar-refractivity contribution in [3.63, 3.8) is 0 Å². The van der Waals surface area contributed by atoms with Crippen LogP contribution in [0.15, 0.2) is 9.32 Å². The number of hydrogen-bond acceptors (Lipinski definition) is 6. The van der Waals surface area contributed by atoms with E-state index in [1.807, 2.05) is 6.92 Å². The molecule has 0 unspecified atom stereocenters. The summed E-state index contributed by atoms with van der Waals surface area (Å²) in [5.74, 6) is 0.631. The number of aryl methyl sites for hydroxylation is 3. The largest absolute Gasteiger partial charge is 0.339 e. The fraction of sp³-hybridized carbons (Fsp3) is 0.588. The maximum atomic E-state index is 13.0. The topological polar surface area (TPSA) is 103 Å². The van der Waals surface area contributed by atoms with Crippen LogP contribution in [0, 0.1) is 13.8 Å². The monoisotopic (exact) mass is 345 g/mol. The minimum atomic E-state index is -0.678. The average Bonchev–Trinajstić information content (AvgIpc) is 3.23. The number of carbonyl (C=O) groups is 1. The molecule has 1 aliphatic carbocycles. The Morgan fingerprint density at radius 1 is 1.32 bits per heavy atom. The number of carbonyl (C=O) groups excluding carboxylic acids is 1. The number of hydrogen-bond donors (Lipinski definition) is 1. The van der Waals surface area contributed by atoms with E-state index in [0.717, 1.165) is 25.7 Å². The Morgan fingerprint density at radius 3 is 2.60 bits per heavy atom. The van der Waals surface area contributed by atoms with Gasteiger partial charge in [-0.1, -0.05) is 24.9 Å². The van der Waals surface area contributed by atoms with Crippen LogP contribution < -0.4 is 10.9 Å². The molecule has 1 N–H and O–H groups in total. The SMILES string of the molecule is CCc1nc(C2(NC(=O)c3c(C)c(C)nn(C)c3=O)CCCC2)no1. The highest BCUT2D eigenvalue weighted by atomic mass is 16.5. The van der Waals surface area contributed by atoms with E-state index in [4.69, 9.17) is 4.52 Å². The van der Waals surface area contributed by atoms with Crippen LogP contribution in [0.5, 0.6) is 0 Å². The Kier molecular flexibility index (Phi) is 4.45. The summed E-state index contributed by atoms with van der Waals surface area (Å²) in [6.45, 7) is 5.46. The zero-order valence-corrected chi connectivity index (χ0v) is 15.0. The van der Waals surface area contributed by atoms with Gasteiger partial charge in [-0.05, 0) is 32.3 Å². The first kappa shape index (κ1) is 17.3. The molecular formula is C17H23N5O3. The number of nitrogens with one attached hydrogen (secondary N) is 1. The summed E-state index contributed by atoms with van der Waals surface area (Å²) in [4.78, 5) is 29.8. The van der Waals surface area contributed by atoms with Crippen molar-refractivity contribution >= 4 is 5.91 Å². The zero-order chi connectivity index (χ0) is 18.2. The summed E-state index contributed by atoms with van der Waals surface area (Å²) in [5, 5.41) is 11.2. The number of amides is 1. The van der Waals surface area contributed by atoms with E-state index in [0.29, 0.717) is 29.4 Å². The van der Waals surface area contributed by atoms with Crippen LogP contribution in [0.25, 0.3) is 0 Å². The van der Waals surface area contributed by atoms with Crippen molar-refractivity contribution in [3.8, 4) is 0 Å². The van der Waals surface area contributed by atoms with E-state index in [2.05, 4.69) is 20.6 Å². The molecule has 0 atom stereocenters. The van der Waals surface area contributed by atoms with Gasteiger partial charge in [0.05, 0.1) is 5.69 Å². The van der Waals surface area contributed by atoms with Gasteiger partial charge in [0.2, 0.25) is 5.89 Å². The van der Waals surface area contributed by atoms with Crippen LogP contribution in [0.2, 0.25) is 0 Å². The normalized spacial score (nSPS) is 16.2. The quantitative estimate of drug-likeness (QED) is 0.901. The van der Waals surface area contributed by atoms with Gasteiger partial charge in [0.15, 0.2) is 5.82 Å². The second-order valence-electron chi connectivity index (χ2n) is 6.62. The highest BCUT2D eigenvalue weighted by molar-refractivity contribution is 5.96. The molecule has 2 aromatic rings. The van der Waals surface area contributed by atoms with Crippen molar-refractivity contribution in [1.82, 2.24) is 25.2 Å². The smallest absolute Gasteiger partial charge is 0.279 e. The molecule has 0 saturated heterocycles. The third kappa shape index (κ3) is 2.96. The Morgan fingerprint density at radius 2 is 2.00 bits per heavy atom. The van der Waals surface area contributed by atoms with Gasteiger partial charge < -0.3 is 9.84 Å². The molecule has 0 spiro atoms. The third-order valence-corrected chi connectivity index (χ3v) is 4.96. The predicted octanol–water partition coefficient (Wildman–Crippen LogP) is 1.54. The van der Waals surface area contributed by atoms with Crippen molar-refractivity contribution in [2.75, 3.05) is 0 Å². The molecular weight excluding hydrogens is 322 g/mol. The second kappa shape index (κ2) is 6.42. The second-order valence-corrected chi connectivity index (χ2v) is 6.62. The molecule has 134 valence electrons. The fourth-order valence-corrected chi connectivity index (χ4v) is 3.37. The van der Waals surface area contributed by atoms with E-state index in [9.17, 15) is 9.59 Å². The average molecular weight is 345 g/mol. The fourth-order valence-electron chi connectivity index (χ4n) is 3.37. The van der Waals surface area contributed by atoms with Gasteiger partial charge in [0.1, 0.15) is 11.1 Å². The van der Waals surface area contributed by atoms with E-state index in [-0.39, 0.29) is 5.56 Å². The summed E-state index contributed by atoms with van der Waals surface area (Å²) in [7, 11) is 1.55. The molecule has 25 heavy (non-hydrogen) atoms. The van der Waals surface area contributed by atoms with E-state index in [1.54, 1.807) is 20.9 Å². The van der Waals surface area contributed by atoms with Crippen LogP contribution in [-0.4, -0.2) is 25.8 Å².